The number of nitrogens with zero attached hydrogens (tertiary/aromatic N) is 2. The first kappa shape index (κ1) is 12.8. The van der Waals surface area contributed by atoms with Gasteiger partial charge in [-0.05, 0) is 12.3 Å². The van der Waals surface area contributed by atoms with Crippen molar-refractivity contribution in [1.29, 1.82) is 0 Å². The molecule has 0 fully saturated rings. The lowest BCUT2D eigenvalue weighted by atomic mass is 9.88. The summed E-state index contributed by atoms with van der Waals surface area (Å²) in [7, 11) is 1.61. The van der Waals surface area contributed by atoms with E-state index in [2.05, 4.69) is 10.1 Å². The number of rotatable bonds is 4. The van der Waals surface area contributed by atoms with E-state index in [0.29, 0.717) is 11.7 Å². The first-order valence-electron chi connectivity index (χ1n) is 5.19. The Labute approximate surface area is 95.2 Å². The van der Waals surface area contributed by atoms with Gasteiger partial charge >= 0.3 is 0 Å². The lowest BCUT2D eigenvalue weighted by Gasteiger charge is -2.26. The molecule has 0 saturated heterocycles. The molecule has 1 heterocycles. The summed E-state index contributed by atoms with van der Waals surface area (Å²) in [5.74, 6) is 0.833. The van der Waals surface area contributed by atoms with Gasteiger partial charge in [-0.2, -0.15) is 4.98 Å². The summed E-state index contributed by atoms with van der Waals surface area (Å²) in [6, 6.07) is 0. The molecule has 16 heavy (non-hydrogen) atoms. The maximum Gasteiger partial charge on any atom is 0.234 e. The summed E-state index contributed by atoms with van der Waals surface area (Å²) in [6.45, 7) is 7.58. The maximum absolute atomic E-state index is 10.9. The van der Waals surface area contributed by atoms with E-state index in [1.54, 1.807) is 7.11 Å². The van der Waals surface area contributed by atoms with Crippen molar-refractivity contribution >= 4 is 5.78 Å². The summed E-state index contributed by atoms with van der Waals surface area (Å²) in [5, 5.41) is 3.84. The predicted molar refractivity (Wildman–Crippen MR) is 57.9 cm³/mol. The molecule has 0 amide bonds. The van der Waals surface area contributed by atoms with Crippen molar-refractivity contribution in [2.75, 3.05) is 7.11 Å². The normalized spacial score (nSPS) is 13.8. The van der Waals surface area contributed by atoms with Crippen molar-refractivity contribution in [3.8, 4) is 0 Å². The Bertz CT molecular complexity index is 366. The van der Waals surface area contributed by atoms with Crippen LogP contribution in [0.5, 0.6) is 0 Å². The summed E-state index contributed by atoms with van der Waals surface area (Å²) in [5.41, 5.74) is -0.119. The fourth-order valence-electron chi connectivity index (χ4n) is 1.51. The second kappa shape index (κ2) is 4.74. The number of aromatic nitrogens is 2. The molecule has 0 saturated carbocycles. The molecule has 1 atom stereocenters. The van der Waals surface area contributed by atoms with Crippen LogP contribution in [0.15, 0.2) is 4.52 Å². The molecule has 0 aliphatic carbocycles. The summed E-state index contributed by atoms with van der Waals surface area (Å²) < 4.78 is 10.3. The molecule has 0 aromatic carbocycles. The van der Waals surface area contributed by atoms with Crippen molar-refractivity contribution in [2.24, 2.45) is 5.41 Å². The highest BCUT2D eigenvalue weighted by Gasteiger charge is 2.30. The molecule has 1 rings (SSSR count). The molecule has 1 aromatic rings. The smallest absolute Gasteiger partial charge is 0.234 e. The Balaban J connectivity index is 2.87. The molecule has 0 N–H and O–H groups in total. The van der Waals surface area contributed by atoms with Gasteiger partial charge < -0.3 is 9.26 Å². The van der Waals surface area contributed by atoms with E-state index < -0.39 is 0 Å². The van der Waals surface area contributed by atoms with E-state index in [4.69, 9.17) is 9.26 Å². The lowest BCUT2D eigenvalue weighted by Crippen LogP contribution is -2.21. The van der Waals surface area contributed by atoms with Gasteiger partial charge in [0.15, 0.2) is 0 Å². The van der Waals surface area contributed by atoms with Crippen molar-refractivity contribution < 1.29 is 14.1 Å². The first-order valence-corrected chi connectivity index (χ1v) is 5.19. The number of ether oxygens (including phenoxy) is 1. The third kappa shape index (κ3) is 3.13. The number of Topliss-reactive ketones (excluding diaryl/α,β-unsaturated/α-hetero) is 1. The highest BCUT2D eigenvalue weighted by atomic mass is 16.5. The van der Waals surface area contributed by atoms with Gasteiger partial charge in [0.1, 0.15) is 11.9 Å². The van der Waals surface area contributed by atoms with Crippen molar-refractivity contribution in [3.05, 3.63) is 11.7 Å². The van der Waals surface area contributed by atoms with Gasteiger partial charge in [0.2, 0.25) is 11.7 Å². The molecule has 0 radical (unpaired) electrons. The van der Waals surface area contributed by atoms with Gasteiger partial charge in [-0.1, -0.05) is 25.9 Å². The number of carbonyl (C=O) groups excluding carboxylic acids is 1. The summed E-state index contributed by atoms with van der Waals surface area (Å²) in [6.07, 6.45) is -0.0647. The molecule has 90 valence electrons. The van der Waals surface area contributed by atoms with Gasteiger partial charge in [0.05, 0.1) is 6.42 Å². The lowest BCUT2D eigenvalue weighted by molar-refractivity contribution is -0.116. The molecular weight excluding hydrogens is 208 g/mol. The Kier molecular flexibility index (Phi) is 3.80. The number of ketones is 1. The van der Waals surface area contributed by atoms with E-state index in [-0.39, 0.29) is 23.7 Å². The minimum atomic E-state index is -0.239. The highest BCUT2D eigenvalue weighted by Crippen LogP contribution is 2.33. The second-order valence-corrected chi connectivity index (χ2v) is 4.91. The predicted octanol–water partition coefficient (Wildman–Crippen LogP) is 1.93. The third-order valence-electron chi connectivity index (χ3n) is 2.14. The largest absolute Gasteiger partial charge is 0.373 e. The van der Waals surface area contributed by atoms with Crippen molar-refractivity contribution in [2.45, 2.75) is 40.2 Å². The second-order valence-electron chi connectivity index (χ2n) is 4.91. The van der Waals surface area contributed by atoms with Crippen LogP contribution in [0.25, 0.3) is 0 Å². The zero-order valence-corrected chi connectivity index (χ0v) is 10.4. The third-order valence-corrected chi connectivity index (χ3v) is 2.14. The van der Waals surface area contributed by atoms with Crippen LogP contribution in [-0.2, 0) is 16.0 Å². The van der Waals surface area contributed by atoms with Gasteiger partial charge in [0.25, 0.3) is 0 Å². The number of hydrogen-bond donors (Lipinski definition) is 0. The monoisotopic (exact) mass is 226 g/mol. The molecule has 1 unspecified atom stereocenters. The summed E-state index contributed by atoms with van der Waals surface area (Å²) >= 11 is 0. The minimum absolute atomic E-state index is 0.0000690. The van der Waals surface area contributed by atoms with Crippen LogP contribution >= 0.6 is 0 Å². The van der Waals surface area contributed by atoms with Crippen molar-refractivity contribution in [1.82, 2.24) is 10.1 Å². The Morgan fingerprint density at radius 1 is 1.50 bits per heavy atom. The molecule has 5 nitrogen and oxygen atoms in total. The number of hydrogen-bond acceptors (Lipinski definition) is 5. The van der Waals surface area contributed by atoms with Crippen LogP contribution in [0.4, 0.5) is 0 Å². The Hall–Kier alpha value is -1.23. The van der Waals surface area contributed by atoms with Gasteiger partial charge in [-0.15, -0.1) is 0 Å². The first-order chi connectivity index (χ1) is 7.34. The number of carbonyl (C=O) groups is 1. The topological polar surface area (TPSA) is 65.2 Å². The standard InChI is InChI=1S/C11H18N2O3/c1-7(14)6-8-12-10(13-16-8)9(15-5)11(2,3)4/h9H,6H2,1-5H3. The molecule has 0 spiro atoms. The molecule has 0 bridgehead atoms. The molecule has 5 heteroatoms. The van der Waals surface area contributed by atoms with E-state index in [0.717, 1.165) is 0 Å². The Morgan fingerprint density at radius 3 is 2.56 bits per heavy atom. The Morgan fingerprint density at radius 2 is 2.12 bits per heavy atom. The quantitative estimate of drug-likeness (QED) is 0.784. The SMILES string of the molecule is COC(c1noc(CC(C)=O)n1)C(C)(C)C. The number of methoxy groups -OCH3 is 1. The fourth-order valence-corrected chi connectivity index (χ4v) is 1.51. The van der Waals surface area contributed by atoms with Crippen LogP contribution < -0.4 is 0 Å². The van der Waals surface area contributed by atoms with E-state index >= 15 is 0 Å². The maximum atomic E-state index is 10.9. The average Bonchev–Trinajstić information content (AvgIpc) is 2.50. The molecule has 0 aliphatic rings. The van der Waals surface area contributed by atoms with Gasteiger partial charge in [-0.25, -0.2) is 0 Å². The van der Waals surface area contributed by atoms with Gasteiger partial charge in [-0.3, -0.25) is 4.79 Å². The fraction of sp³-hybridized carbons (Fsp3) is 0.727. The molecule has 0 aliphatic heterocycles. The minimum Gasteiger partial charge on any atom is -0.373 e. The highest BCUT2D eigenvalue weighted by molar-refractivity contribution is 5.77. The van der Waals surface area contributed by atoms with Crippen LogP contribution in [0.2, 0.25) is 0 Å². The molecule has 1 aromatic heterocycles. The van der Waals surface area contributed by atoms with Crippen LogP contribution in [-0.4, -0.2) is 23.0 Å². The van der Waals surface area contributed by atoms with Crippen LogP contribution in [0.3, 0.4) is 0 Å². The van der Waals surface area contributed by atoms with E-state index in [1.165, 1.54) is 6.92 Å². The van der Waals surface area contributed by atoms with E-state index in [1.807, 2.05) is 20.8 Å². The van der Waals surface area contributed by atoms with Gasteiger partial charge in [0, 0.05) is 7.11 Å². The van der Waals surface area contributed by atoms with Crippen LogP contribution in [0, 0.1) is 5.41 Å². The van der Waals surface area contributed by atoms with Crippen molar-refractivity contribution in [3.63, 3.8) is 0 Å². The summed E-state index contributed by atoms with van der Waals surface area (Å²) in [4.78, 5) is 15.1. The zero-order chi connectivity index (χ0) is 12.3. The van der Waals surface area contributed by atoms with E-state index in [9.17, 15) is 4.79 Å². The molecular formula is C11H18N2O3. The zero-order valence-electron chi connectivity index (χ0n) is 10.4. The van der Waals surface area contributed by atoms with Crippen LogP contribution in [0.1, 0.15) is 45.5 Å². The average molecular weight is 226 g/mol.